The van der Waals surface area contributed by atoms with E-state index in [1.807, 2.05) is 4.90 Å². The van der Waals surface area contributed by atoms with Crippen molar-refractivity contribution in [3.8, 4) is 5.75 Å². The highest BCUT2D eigenvalue weighted by Gasteiger charge is 2.37. The maximum Gasteiger partial charge on any atom is 0.265 e. The zero-order chi connectivity index (χ0) is 19.7. The van der Waals surface area contributed by atoms with Gasteiger partial charge in [-0.3, -0.25) is 19.3 Å². The van der Waals surface area contributed by atoms with Crippen molar-refractivity contribution < 1.29 is 19.5 Å². The van der Waals surface area contributed by atoms with Crippen molar-refractivity contribution in [2.45, 2.75) is 44.9 Å². The average Bonchev–Trinajstić information content (AvgIpc) is 2.96. The number of carbonyl (C=O) groups is 3. The summed E-state index contributed by atoms with van der Waals surface area (Å²) in [7, 11) is 0. The molecule has 1 unspecified atom stereocenters. The van der Waals surface area contributed by atoms with Crippen LogP contribution in [0.2, 0.25) is 0 Å². The monoisotopic (exact) mass is 382 g/mol. The number of carbonyl (C=O) groups excluding carboxylic acids is 3. The minimum absolute atomic E-state index is 0.0900. The van der Waals surface area contributed by atoms with E-state index in [1.54, 1.807) is 12.1 Å². The zero-order valence-electron chi connectivity index (χ0n) is 16.0. The van der Waals surface area contributed by atoms with Gasteiger partial charge in [-0.05, 0) is 56.6 Å². The summed E-state index contributed by atoms with van der Waals surface area (Å²) in [4.78, 5) is 40.4. The van der Waals surface area contributed by atoms with Gasteiger partial charge < -0.3 is 10.0 Å². The molecule has 1 aromatic rings. The fourth-order valence-corrected chi connectivity index (χ4v) is 4.57. The smallest absolute Gasteiger partial charge is 0.265 e. The summed E-state index contributed by atoms with van der Waals surface area (Å²) in [6.45, 7) is 1.87. The Morgan fingerprint density at radius 1 is 1.14 bits per heavy atom. The summed E-state index contributed by atoms with van der Waals surface area (Å²) in [5.74, 6) is -0.147. The molecule has 6 nitrogen and oxygen atoms in total. The molecule has 1 aromatic carbocycles. The standard InChI is InChI=1S/C22H26N2O4/c25-18-9-5-8-17-20(18)22(28)24(21(17)27)12-4-3-10-19(26)23-13-11-15-6-1-2-7-16(15)14-23/h5,7-9,15,25H,1-4,6,10-14H2. The molecule has 0 aromatic heterocycles. The molecular formula is C22H26N2O4. The topological polar surface area (TPSA) is 77.9 Å². The first-order valence-electron chi connectivity index (χ1n) is 10.2. The lowest BCUT2D eigenvalue weighted by molar-refractivity contribution is -0.131. The fraction of sp³-hybridized carbons (Fsp3) is 0.500. The molecule has 4 rings (SSSR count). The molecule has 6 heteroatoms. The number of rotatable bonds is 5. The molecule has 28 heavy (non-hydrogen) atoms. The van der Waals surface area contributed by atoms with Crippen LogP contribution in [0.1, 0.15) is 65.7 Å². The number of fused-ring (bicyclic) bond motifs is 2. The van der Waals surface area contributed by atoms with Crippen molar-refractivity contribution in [1.82, 2.24) is 9.80 Å². The maximum atomic E-state index is 12.5. The predicted molar refractivity (Wildman–Crippen MR) is 104 cm³/mol. The van der Waals surface area contributed by atoms with Gasteiger partial charge in [-0.2, -0.15) is 0 Å². The first-order valence-corrected chi connectivity index (χ1v) is 10.2. The highest BCUT2D eigenvalue weighted by Crippen LogP contribution is 2.32. The number of unbranched alkanes of at least 4 members (excludes halogenated alkanes) is 1. The molecule has 1 aliphatic carbocycles. The maximum absolute atomic E-state index is 12.5. The van der Waals surface area contributed by atoms with Crippen LogP contribution < -0.4 is 0 Å². The molecule has 3 aliphatic rings. The minimum Gasteiger partial charge on any atom is -0.507 e. The van der Waals surface area contributed by atoms with Gasteiger partial charge in [-0.15, -0.1) is 0 Å². The van der Waals surface area contributed by atoms with Crippen molar-refractivity contribution in [2.24, 2.45) is 5.92 Å². The Labute approximate surface area is 164 Å². The Balaban J connectivity index is 1.26. The van der Waals surface area contributed by atoms with Crippen LogP contribution in [-0.4, -0.2) is 52.3 Å². The Kier molecular flexibility index (Phi) is 5.20. The van der Waals surface area contributed by atoms with Crippen molar-refractivity contribution in [1.29, 1.82) is 0 Å². The summed E-state index contributed by atoms with van der Waals surface area (Å²) in [6, 6.07) is 4.53. The first-order chi connectivity index (χ1) is 13.6. The first kappa shape index (κ1) is 18.7. The minimum atomic E-state index is -0.448. The van der Waals surface area contributed by atoms with Gasteiger partial charge in [0, 0.05) is 26.1 Å². The van der Waals surface area contributed by atoms with E-state index in [0.29, 0.717) is 25.2 Å². The number of amides is 3. The summed E-state index contributed by atoms with van der Waals surface area (Å²) in [5.41, 5.74) is 1.77. The molecule has 1 atom stereocenters. The van der Waals surface area contributed by atoms with Crippen LogP contribution in [0.15, 0.2) is 29.8 Å². The van der Waals surface area contributed by atoms with E-state index >= 15 is 0 Å². The van der Waals surface area contributed by atoms with E-state index in [9.17, 15) is 19.5 Å². The second-order valence-corrected chi connectivity index (χ2v) is 7.93. The highest BCUT2D eigenvalue weighted by atomic mass is 16.3. The lowest BCUT2D eigenvalue weighted by Crippen LogP contribution is -2.40. The van der Waals surface area contributed by atoms with Gasteiger partial charge in [0.2, 0.25) is 5.91 Å². The highest BCUT2D eigenvalue weighted by molar-refractivity contribution is 6.22. The number of aromatic hydroxyl groups is 1. The number of nitrogens with zero attached hydrogens (tertiary/aromatic N) is 2. The van der Waals surface area contributed by atoms with E-state index in [0.717, 1.165) is 25.9 Å². The third-order valence-corrected chi connectivity index (χ3v) is 6.16. The molecule has 0 bridgehead atoms. The normalized spacial score (nSPS) is 21.4. The summed E-state index contributed by atoms with van der Waals surface area (Å²) in [6.07, 6.45) is 8.67. The van der Waals surface area contributed by atoms with Crippen molar-refractivity contribution in [3.63, 3.8) is 0 Å². The SMILES string of the molecule is O=C(CCCCN1C(=O)c2cccc(O)c2C1=O)N1CCC2CCCC=C2C1. The summed E-state index contributed by atoms with van der Waals surface area (Å²) in [5, 5.41) is 9.85. The average molecular weight is 382 g/mol. The van der Waals surface area contributed by atoms with Crippen LogP contribution in [0.25, 0.3) is 0 Å². The third kappa shape index (κ3) is 3.43. The number of benzene rings is 1. The number of hydrogen-bond acceptors (Lipinski definition) is 4. The largest absolute Gasteiger partial charge is 0.507 e. The molecule has 148 valence electrons. The number of piperidine rings is 1. The zero-order valence-corrected chi connectivity index (χ0v) is 16.0. The van der Waals surface area contributed by atoms with Gasteiger partial charge >= 0.3 is 0 Å². The van der Waals surface area contributed by atoms with E-state index in [-0.39, 0.29) is 35.2 Å². The number of allylic oxidation sites excluding steroid dienone is 1. The van der Waals surface area contributed by atoms with Crippen molar-refractivity contribution >= 4 is 17.7 Å². The van der Waals surface area contributed by atoms with E-state index in [2.05, 4.69) is 6.08 Å². The summed E-state index contributed by atoms with van der Waals surface area (Å²) >= 11 is 0. The number of phenols is 1. The van der Waals surface area contributed by atoms with Gasteiger partial charge in [0.25, 0.3) is 11.8 Å². The van der Waals surface area contributed by atoms with Gasteiger partial charge in [0.05, 0.1) is 11.1 Å². The third-order valence-electron chi connectivity index (χ3n) is 6.16. The van der Waals surface area contributed by atoms with Gasteiger partial charge in [0.1, 0.15) is 5.75 Å². The van der Waals surface area contributed by atoms with Crippen LogP contribution in [0.5, 0.6) is 5.75 Å². The number of hydrogen-bond donors (Lipinski definition) is 1. The van der Waals surface area contributed by atoms with E-state index in [4.69, 9.17) is 0 Å². The van der Waals surface area contributed by atoms with Crippen LogP contribution in [0.4, 0.5) is 0 Å². The van der Waals surface area contributed by atoms with Gasteiger partial charge in [0.15, 0.2) is 0 Å². The second kappa shape index (κ2) is 7.78. The molecule has 0 radical (unpaired) electrons. The Morgan fingerprint density at radius 3 is 2.82 bits per heavy atom. The molecule has 1 fully saturated rings. The van der Waals surface area contributed by atoms with Crippen LogP contribution >= 0.6 is 0 Å². The number of imide groups is 1. The Morgan fingerprint density at radius 2 is 2.00 bits per heavy atom. The van der Waals surface area contributed by atoms with Gasteiger partial charge in [-0.1, -0.05) is 17.7 Å². The lowest BCUT2D eigenvalue weighted by atomic mass is 9.82. The molecule has 2 aliphatic heterocycles. The number of likely N-dealkylation sites (tertiary alicyclic amines) is 1. The number of phenolic OH excluding ortho intramolecular Hbond substituents is 1. The van der Waals surface area contributed by atoms with Crippen LogP contribution in [-0.2, 0) is 4.79 Å². The van der Waals surface area contributed by atoms with Crippen LogP contribution in [0.3, 0.4) is 0 Å². The molecule has 2 heterocycles. The summed E-state index contributed by atoms with van der Waals surface area (Å²) < 4.78 is 0. The quantitative estimate of drug-likeness (QED) is 0.482. The van der Waals surface area contributed by atoms with Crippen molar-refractivity contribution in [2.75, 3.05) is 19.6 Å². The lowest BCUT2D eigenvalue weighted by Gasteiger charge is -2.36. The van der Waals surface area contributed by atoms with Crippen molar-refractivity contribution in [3.05, 3.63) is 41.0 Å². The van der Waals surface area contributed by atoms with Gasteiger partial charge in [-0.25, -0.2) is 0 Å². The van der Waals surface area contributed by atoms with E-state index in [1.165, 1.54) is 29.4 Å². The van der Waals surface area contributed by atoms with Crippen LogP contribution in [0, 0.1) is 5.92 Å². The Hall–Kier alpha value is -2.63. The molecule has 1 saturated heterocycles. The molecule has 0 saturated carbocycles. The fourth-order valence-electron chi connectivity index (χ4n) is 4.57. The molecule has 0 spiro atoms. The molecule has 3 amide bonds. The Bertz CT molecular complexity index is 845. The molecular weight excluding hydrogens is 356 g/mol. The molecule has 1 N–H and O–H groups in total. The second-order valence-electron chi connectivity index (χ2n) is 7.93. The van der Waals surface area contributed by atoms with E-state index < -0.39 is 5.91 Å². The predicted octanol–water partition coefficient (Wildman–Crippen LogP) is 3.12.